The van der Waals surface area contributed by atoms with Crippen LogP contribution in [0, 0.1) is 11.8 Å². The van der Waals surface area contributed by atoms with Crippen LogP contribution in [0.4, 0.5) is 0 Å². The highest BCUT2D eigenvalue weighted by Crippen LogP contribution is 2.39. The van der Waals surface area contributed by atoms with E-state index in [0.29, 0.717) is 0 Å². The van der Waals surface area contributed by atoms with Crippen LogP contribution in [-0.2, 0) is 9.59 Å². The van der Waals surface area contributed by atoms with Crippen LogP contribution in [0.25, 0.3) is 0 Å². The summed E-state index contributed by atoms with van der Waals surface area (Å²) < 4.78 is 6.78. The van der Waals surface area contributed by atoms with E-state index in [1.807, 2.05) is 0 Å². The highest BCUT2D eigenvalue weighted by atomic mass is 16.3. The van der Waals surface area contributed by atoms with Gasteiger partial charge in [-0.3, -0.25) is 9.59 Å². The molecule has 0 aromatic rings. The van der Waals surface area contributed by atoms with Gasteiger partial charge in [-0.2, -0.15) is 0 Å². The molecule has 1 rings (SSSR count). The molecule has 1 fully saturated rings. The van der Waals surface area contributed by atoms with Gasteiger partial charge in [0.2, 0.25) is 11.8 Å². The van der Waals surface area contributed by atoms with Crippen molar-refractivity contribution in [3.05, 3.63) is 0 Å². The van der Waals surface area contributed by atoms with Crippen molar-refractivity contribution >= 4 is 11.8 Å². The van der Waals surface area contributed by atoms with E-state index in [0.717, 1.165) is 0 Å². The molecule has 0 bridgehead atoms. The maximum atomic E-state index is 11.5. The second kappa shape index (κ2) is 3.57. The Morgan fingerprint density at radius 3 is 2.64 bits per heavy atom. The van der Waals surface area contributed by atoms with E-state index in [2.05, 4.69) is 5.32 Å². The lowest BCUT2D eigenvalue weighted by Gasteiger charge is -2.14. The third-order valence-corrected chi connectivity index (χ3v) is 2.72. The van der Waals surface area contributed by atoms with Crippen molar-refractivity contribution in [1.29, 1.82) is 0 Å². The van der Waals surface area contributed by atoms with Gasteiger partial charge >= 0.3 is 0 Å². The topological polar surface area (TPSA) is 92.4 Å². The van der Waals surface area contributed by atoms with Crippen LogP contribution in [0.15, 0.2) is 0 Å². The van der Waals surface area contributed by atoms with Gasteiger partial charge in [-0.25, -0.2) is 0 Å². The predicted octanol–water partition coefficient (Wildman–Crippen LogP) is -1.01. The highest BCUT2D eigenvalue weighted by Gasteiger charge is 2.46. The summed E-state index contributed by atoms with van der Waals surface area (Å²) in [6, 6.07) is 0. The number of hydrogen-bond acceptors (Lipinski definition) is 3. The van der Waals surface area contributed by atoms with Crippen molar-refractivity contribution in [2.45, 2.75) is 25.4 Å². The summed E-state index contributed by atoms with van der Waals surface area (Å²) >= 11 is 0. The summed E-state index contributed by atoms with van der Waals surface area (Å²) in [6.45, 7) is 1.60. The van der Waals surface area contributed by atoms with Crippen LogP contribution >= 0.6 is 0 Å². The lowest BCUT2D eigenvalue weighted by molar-refractivity contribution is -0.131. The van der Waals surface area contributed by atoms with Gasteiger partial charge in [0, 0.05) is 7.05 Å². The first-order chi connectivity index (χ1) is 6.91. The van der Waals surface area contributed by atoms with E-state index in [1.54, 1.807) is 12.7 Å². The number of hydrogen-bond donors (Lipinski definition) is 3. The summed E-state index contributed by atoms with van der Waals surface area (Å²) in [5, 5.41) is 12.3. The van der Waals surface area contributed by atoms with Gasteiger partial charge in [-0.15, -0.1) is 0 Å². The van der Waals surface area contributed by atoms with Gasteiger partial charge in [-0.05, 0) is 19.8 Å². The lowest BCUT2D eigenvalue weighted by Crippen LogP contribution is -2.35. The molecular formula is C9H16N2O3. The molecule has 5 heteroatoms. The molecule has 1 aliphatic carbocycles. The monoisotopic (exact) mass is 201 g/mol. The number of nitrogens with two attached hydrogens (primary N) is 1. The van der Waals surface area contributed by atoms with Crippen molar-refractivity contribution in [3.63, 3.8) is 0 Å². The first-order valence-corrected chi connectivity index (χ1v) is 4.57. The molecule has 5 nitrogen and oxygen atoms in total. The molecule has 0 radical (unpaired) electrons. The third kappa shape index (κ3) is 2.04. The van der Waals surface area contributed by atoms with Crippen LogP contribution in [-0.4, -0.2) is 29.6 Å². The van der Waals surface area contributed by atoms with Gasteiger partial charge in [0.15, 0.2) is 1.41 Å². The third-order valence-electron chi connectivity index (χ3n) is 2.72. The van der Waals surface area contributed by atoms with E-state index in [4.69, 9.17) is 1.41 Å². The zero-order valence-corrected chi connectivity index (χ0v) is 8.33. The normalized spacial score (nSPS) is 37.5. The fraction of sp³-hybridized carbons (Fsp3) is 0.778. The molecule has 0 saturated heterocycles. The Hall–Kier alpha value is -1.10. The Morgan fingerprint density at radius 1 is 1.57 bits per heavy atom. The van der Waals surface area contributed by atoms with E-state index >= 15 is 0 Å². The van der Waals surface area contributed by atoms with Crippen molar-refractivity contribution in [1.82, 2.24) is 5.32 Å². The number of amides is 2. The average Bonchev–Trinajstić information content (AvgIpc) is 2.52. The van der Waals surface area contributed by atoms with E-state index < -0.39 is 23.3 Å². The fourth-order valence-corrected chi connectivity index (χ4v) is 2.05. The first-order valence-electron chi connectivity index (χ1n) is 5.07. The minimum absolute atomic E-state index is 0.218. The Kier molecular flexibility index (Phi) is 2.41. The molecule has 3 atom stereocenters. The molecule has 80 valence electrons. The van der Waals surface area contributed by atoms with Crippen molar-refractivity contribution < 1.29 is 16.1 Å². The van der Waals surface area contributed by atoms with Crippen LogP contribution in [0.5, 0.6) is 0 Å². The molecule has 0 aromatic heterocycles. The molecule has 4 N–H and O–H groups in total. The Labute approximate surface area is 84.1 Å². The molecule has 0 aliphatic heterocycles. The van der Waals surface area contributed by atoms with Gasteiger partial charge in [-0.1, -0.05) is 0 Å². The van der Waals surface area contributed by atoms with Gasteiger partial charge in [0.05, 0.1) is 17.4 Å². The standard InChI is InChI=1S/C9H16N2O3/c1-9(14)3-5(7(10)12)6(4-9)8(13)11-2/h5-6,14H,3-4H2,1-2H3,(H2,10,12)(H,11,13)/t5-,6-,9?/m0/s1/i/hD. The van der Waals surface area contributed by atoms with Gasteiger partial charge < -0.3 is 16.2 Å². The number of nitrogens with one attached hydrogen (secondary N) is 1. The predicted molar refractivity (Wildman–Crippen MR) is 50.1 cm³/mol. The quantitative estimate of drug-likeness (QED) is 0.534. The lowest BCUT2D eigenvalue weighted by atomic mass is 9.95. The molecule has 1 unspecified atom stereocenters. The summed E-state index contributed by atoms with van der Waals surface area (Å²) in [4.78, 5) is 22.8. The number of carbonyl (C=O) groups is 2. The smallest absolute Gasteiger partial charge is 0.223 e. The summed E-state index contributed by atoms with van der Waals surface area (Å²) in [7, 11) is 1.49. The van der Waals surface area contributed by atoms with Gasteiger partial charge in [0.1, 0.15) is 0 Å². The van der Waals surface area contributed by atoms with Crippen molar-refractivity contribution in [2.75, 3.05) is 7.05 Å². The summed E-state index contributed by atoms with van der Waals surface area (Å²) in [5.74, 6) is -1.93. The second-order valence-corrected chi connectivity index (χ2v) is 4.10. The Bertz CT molecular complexity index is 255. The maximum Gasteiger partial charge on any atom is 0.223 e. The molecule has 1 aliphatic rings. The minimum Gasteiger partial charge on any atom is -0.390 e. The van der Waals surface area contributed by atoms with E-state index in [9.17, 15) is 14.7 Å². The average molecular weight is 201 g/mol. The van der Waals surface area contributed by atoms with Crippen LogP contribution in [0.3, 0.4) is 0 Å². The zero-order chi connectivity index (χ0) is 11.6. The molecular weight excluding hydrogens is 184 g/mol. The number of aliphatic hydroxyl groups is 1. The highest BCUT2D eigenvalue weighted by molar-refractivity contribution is 5.87. The van der Waals surface area contributed by atoms with Crippen molar-refractivity contribution in [2.24, 2.45) is 17.6 Å². The number of carbonyl (C=O) groups excluding carboxylic acids is 2. The van der Waals surface area contributed by atoms with Crippen LogP contribution < -0.4 is 11.0 Å². The number of rotatable bonds is 2. The molecule has 0 aromatic carbocycles. The zero-order valence-electron chi connectivity index (χ0n) is 9.33. The summed E-state index contributed by atoms with van der Waals surface area (Å²) in [5.41, 5.74) is 0.768. The molecule has 0 heterocycles. The Morgan fingerprint density at radius 2 is 2.14 bits per heavy atom. The molecule has 0 spiro atoms. The van der Waals surface area contributed by atoms with Crippen molar-refractivity contribution in [3.8, 4) is 0 Å². The first kappa shape index (κ1) is 9.45. The second-order valence-electron chi connectivity index (χ2n) is 4.10. The van der Waals surface area contributed by atoms with E-state index in [-0.39, 0.29) is 18.7 Å². The largest absolute Gasteiger partial charge is 0.390 e. The maximum absolute atomic E-state index is 11.5. The summed E-state index contributed by atoms with van der Waals surface area (Å²) in [6.07, 6.45) is 0.473. The number of primary amides is 1. The Balaban J connectivity index is 2.83. The minimum atomic E-state index is -1.01. The van der Waals surface area contributed by atoms with Crippen LogP contribution in [0.1, 0.15) is 19.8 Å². The molecule has 1 saturated carbocycles. The SMILES string of the molecule is [2H]NC(=O)[C@H]1CC(C)(O)C[C@@H]1C(=O)NC. The van der Waals surface area contributed by atoms with E-state index in [1.165, 1.54) is 7.05 Å². The fourth-order valence-electron chi connectivity index (χ4n) is 2.05. The van der Waals surface area contributed by atoms with Crippen LogP contribution in [0.2, 0.25) is 1.41 Å². The molecule has 2 amide bonds. The van der Waals surface area contributed by atoms with Gasteiger partial charge in [0.25, 0.3) is 0 Å². The molecule has 14 heavy (non-hydrogen) atoms.